The van der Waals surface area contributed by atoms with Crippen LogP contribution in [0.5, 0.6) is 0 Å². The maximum atomic E-state index is 13.7. The molecule has 2 amide bonds. The van der Waals surface area contributed by atoms with Gasteiger partial charge in [0.2, 0.25) is 0 Å². The topological polar surface area (TPSA) is 58.2 Å². The van der Waals surface area contributed by atoms with Crippen molar-refractivity contribution >= 4 is 17.5 Å². The summed E-state index contributed by atoms with van der Waals surface area (Å²) in [5.41, 5.74) is 3.14. The van der Waals surface area contributed by atoms with Crippen LogP contribution < -0.4 is 10.6 Å². The van der Waals surface area contributed by atoms with Crippen LogP contribution in [-0.4, -0.2) is 18.4 Å². The zero-order valence-electron chi connectivity index (χ0n) is 16.2. The molecule has 0 bridgehead atoms. The number of anilines is 1. The normalized spacial score (nSPS) is 10.4. The van der Waals surface area contributed by atoms with Crippen molar-refractivity contribution in [3.63, 3.8) is 0 Å². The van der Waals surface area contributed by atoms with Gasteiger partial charge in [0, 0.05) is 23.4 Å². The van der Waals surface area contributed by atoms with E-state index in [9.17, 15) is 14.0 Å². The zero-order chi connectivity index (χ0) is 20.6. The summed E-state index contributed by atoms with van der Waals surface area (Å²) < 4.78 is 13.7. The van der Waals surface area contributed by atoms with Crippen LogP contribution in [0.4, 0.5) is 10.1 Å². The first-order valence-electron chi connectivity index (χ1n) is 9.59. The molecule has 3 aromatic rings. The summed E-state index contributed by atoms with van der Waals surface area (Å²) in [4.78, 5) is 25.0. The fourth-order valence-corrected chi connectivity index (χ4v) is 3.06. The number of nitrogens with one attached hydrogen (secondary N) is 2. The molecule has 0 fully saturated rings. The summed E-state index contributed by atoms with van der Waals surface area (Å²) in [5.74, 6) is -0.857. The Hall–Kier alpha value is -3.47. The monoisotopic (exact) mass is 390 g/mol. The molecule has 0 aliphatic rings. The Labute approximate surface area is 169 Å². The lowest BCUT2D eigenvalue weighted by atomic mass is 10.1. The van der Waals surface area contributed by atoms with Gasteiger partial charge >= 0.3 is 0 Å². The Morgan fingerprint density at radius 1 is 0.828 bits per heavy atom. The predicted octanol–water partition coefficient (Wildman–Crippen LogP) is 4.61. The summed E-state index contributed by atoms with van der Waals surface area (Å²) in [6.45, 7) is 2.33. The van der Waals surface area contributed by atoms with E-state index in [0.29, 0.717) is 29.7 Å². The van der Waals surface area contributed by atoms with Crippen molar-refractivity contribution in [1.29, 1.82) is 0 Å². The van der Waals surface area contributed by atoms with E-state index in [2.05, 4.69) is 10.6 Å². The van der Waals surface area contributed by atoms with Crippen molar-refractivity contribution < 1.29 is 14.0 Å². The van der Waals surface area contributed by atoms with E-state index in [0.717, 1.165) is 17.7 Å². The van der Waals surface area contributed by atoms with Crippen LogP contribution >= 0.6 is 0 Å². The second kappa shape index (κ2) is 9.64. The van der Waals surface area contributed by atoms with Crippen molar-refractivity contribution in [3.05, 3.63) is 101 Å². The van der Waals surface area contributed by atoms with E-state index >= 15 is 0 Å². The number of rotatable bonds is 7. The van der Waals surface area contributed by atoms with Gasteiger partial charge in [-0.3, -0.25) is 9.59 Å². The molecule has 4 nitrogen and oxygen atoms in total. The van der Waals surface area contributed by atoms with Crippen LogP contribution in [0.1, 0.15) is 38.8 Å². The Kier molecular flexibility index (Phi) is 6.74. The molecular formula is C24H23FN2O2. The SMILES string of the molecule is CCc1ccccc1NC(=O)c1cccc(C(=O)NCCc2ccccc2F)c1. The van der Waals surface area contributed by atoms with Crippen molar-refractivity contribution in [2.75, 3.05) is 11.9 Å². The number of aryl methyl sites for hydroxylation is 1. The second-order valence-corrected chi connectivity index (χ2v) is 6.64. The van der Waals surface area contributed by atoms with Gasteiger partial charge < -0.3 is 10.6 Å². The molecule has 0 spiro atoms. The average molecular weight is 390 g/mol. The van der Waals surface area contributed by atoms with E-state index in [4.69, 9.17) is 0 Å². The molecule has 3 rings (SSSR count). The quantitative estimate of drug-likeness (QED) is 0.619. The van der Waals surface area contributed by atoms with Gasteiger partial charge in [0.15, 0.2) is 0 Å². The van der Waals surface area contributed by atoms with Crippen LogP contribution in [0.25, 0.3) is 0 Å². The summed E-state index contributed by atoms with van der Waals surface area (Å²) in [6, 6.07) is 20.7. The number of halogens is 1. The highest BCUT2D eigenvalue weighted by molar-refractivity contribution is 6.06. The highest BCUT2D eigenvalue weighted by Gasteiger charge is 2.12. The predicted molar refractivity (Wildman–Crippen MR) is 113 cm³/mol. The number of carbonyl (C=O) groups excluding carboxylic acids is 2. The zero-order valence-corrected chi connectivity index (χ0v) is 16.2. The Bertz CT molecular complexity index is 1020. The molecule has 3 aromatic carbocycles. The molecule has 0 aliphatic carbocycles. The van der Waals surface area contributed by atoms with Gasteiger partial charge in [-0.2, -0.15) is 0 Å². The molecule has 0 saturated carbocycles. The third kappa shape index (κ3) is 5.29. The van der Waals surface area contributed by atoms with Gasteiger partial charge in [-0.25, -0.2) is 4.39 Å². The molecule has 2 N–H and O–H groups in total. The molecule has 0 saturated heterocycles. The van der Waals surface area contributed by atoms with Crippen molar-refractivity contribution in [1.82, 2.24) is 5.32 Å². The molecule has 148 valence electrons. The van der Waals surface area contributed by atoms with Gasteiger partial charge in [0.1, 0.15) is 5.82 Å². The maximum absolute atomic E-state index is 13.7. The van der Waals surface area contributed by atoms with E-state index in [1.807, 2.05) is 31.2 Å². The first-order valence-corrected chi connectivity index (χ1v) is 9.59. The summed E-state index contributed by atoms with van der Waals surface area (Å²) in [5, 5.41) is 5.67. The Balaban J connectivity index is 1.63. The van der Waals surface area contributed by atoms with Gasteiger partial charge in [-0.1, -0.05) is 49.4 Å². The average Bonchev–Trinajstić information content (AvgIpc) is 2.75. The first kappa shape index (κ1) is 20.3. The van der Waals surface area contributed by atoms with Crippen molar-refractivity contribution in [2.45, 2.75) is 19.8 Å². The van der Waals surface area contributed by atoms with Gasteiger partial charge in [-0.05, 0) is 54.3 Å². The number of carbonyl (C=O) groups is 2. The summed E-state index contributed by atoms with van der Waals surface area (Å²) in [7, 11) is 0. The van der Waals surface area contributed by atoms with Crippen LogP contribution in [0.15, 0.2) is 72.8 Å². The lowest BCUT2D eigenvalue weighted by Crippen LogP contribution is -2.26. The van der Waals surface area contributed by atoms with Gasteiger partial charge in [-0.15, -0.1) is 0 Å². The van der Waals surface area contributed by atoms with Gasteiger partial charge in [0.05, 0.1) is 0 Å². The van der Waals surface area contributed by atoms with E-state index in [-0.39, 0.29) is 17.6 Å². The third-order valence-corrected chi connectivity index (χ3v) is 4.67. The highest BCUT2D eigenvalue weighted by atomic mass is 19.1. The van der Waals surface area contributed by atoms with Crippen molar-refractivity contribution in [3.8, 4) is 0 Å². The second-order valence-electron chi connectivity index (χ2n) is 6.64. The Morgan fingerprint density at radius 3 is 2.21 bits per heavy atom. The molecule has 0 heterocycles. The molecule has 29 heavy (non-hydrogen) atoms. The summed E-state index contributed by atoms with van der Waals surface area (Å²) >= 11 is 0. The fourth-order valence-electron chi connectivity index (χ4n) is 3.06. The number of amides is 2. The van der Waals surface area contributed by atoms with Crippen LogP contribution in [0.2, 0.25) is 0 Å². The van der Waals surface area contributed by atoms with Crippen LogP contribution in [-0.2, 0) is 12.8 Å². The number of para-hydroxylation sites is 1. The standard InChI is InChI=1S/C24H23FN2O2/c1-2-17-8-4-6-13-22(17)27-24(29)20-11-7-10-19(16-20)23(28)26-15-14-18-9-3-5-12-21(18)25/h3-13,16H,2,14-15H2,1H3,(H,26,28)(H,27,29). The Morgan fingerprint density at radius 2 is 1.48 bits per heavy atom. The first-order chi connectivity index (χ1) is 14.1. The molecule has 5 heteroatoms. The number of benzene rings is 3. The van der Waals surface area contributed by atoms with E-state index < -0.39 is 0 Å². The molecule has 0 atom stereocenters. The molecule has 0 unspecified atom stereocenters. The largest absolute Gasteiger partial charge is 0.352 e. The molecular weight excluding hydrogens is 367 g/mol. The smallest absolute Gasteiger partial charge is 0.255 e. The number of hydrogen-bond acceptors (Lipinski definition) is 2. The van der Waals surface area contributed by atoms with Crippen molar-refractivity contribution in [2.24, 2.45) is 0 Å². The minimum absolute atomic E-state index is 0.271. The molecule has 0 aromatic heterocycles. The summed E-state index contributed by atoms with van der Waals surface area (Å²) in [6.07, 6.45) is 1.20. The van der Waals surface area contributed by atoms with Crippen LogP contribution in [0.3, 0.4) is 0 Å². The minimum Gasteiger partial charge on any atom is -0.352 e. The van der Waals surface area contributed by atoms with Gasteiger partial charge in [0.25, 0.3) is 11.8 Å². The maximum Gasteiger partial charge on any atom is 0.255 e. The third-order valence-electron chi connectivity index (χ3n) is 4.67. The van der Waals surface area contributed by atoms with E-state index in [1.165, 1.54) is 6.07 Å². The van der Waals surface area contributed by atoms with Crippen LogP contribution in [0, 0.1) is 5.82 Å². The lowest BCUT2D eigenvalue weighted by Gasteiger charge is -2.11. The molecule has 0 radical (unpaired) electrons. The minimum atomic E-state index is -0.301. The fraction of sp³-hybridized carbons (Fsp3) is 0.167. The molecule has 0 aliphatic heterocycles. The highest BCUT2D eigenvalue weighted by Crippen LogP contribution is 2.17. The lowest BCUT2D eigenvalue weighted by molar-refractivity contribution is 0.0954. The van der Waals surface area contributed by atoms with E-state index in [1.54, 1.807) is 42.5 Å². The number of hydrogen-bond donors (Lipinski definition) is 2.